The van der Waals surface area contributed by atoms with Gasteiger partial charge in [-0.05, 0) is 6.26 Å². The molecular weight excluding hydrogens is 354 g/mol. The smallest absolute Gasteiger partial charge is 0.282 e. The first-order valence-corrected chi connectivity index (χ1v) is 8.63. The first kappa shape index (κ1) is 18.1. The molecule has 0 amide bonds. The molecule has 0 aliphatic carbocycles. The van der Waals surface area contributed by atoms with Gasteiger partial charge in [0.05, 0.1) is 6.61 Å². The largest absolute Gasteiger partial charge is 0.394 e. The van der Waals surface area contributed by atoms with Crippen molar-refractivity contribution in [3.8, 4) is 0 Å². The van der Waals surface area contributed by atoms with Crippen LogP contribution in [-0.2, 0) is 11.8 Å². The third-order valence-corrected chi connectivity index (χ3v) is 4.94. The number of fused-ring (bicyclic) bond motifs is 1. The first-order chi connectivity index (χ1) is 11.8. The summed E-state index contributed by atoms with van der Waals surface area (Å²) >= 11 is 1.23. The molecule has 1 aliphatic rings. The molecule has 5 atom stereocenters. The number of hydrogen-bond donors (Lipinski definition) is 5. The SMILES string of the molecule is CSc1nc2c(nc(N)n2[C@@H]2O[C@@H](CO)[C@@H](O)[C@@H](O)[C@H]2O)c(=O)n1C. The highest BCUT2D eigenvalue weighted by atomic mass is 32.2. The molecule has 0 radical (unpaired) electrons. The van der Waals surface area contributed by atoms with Gasteiger partial charge in [-0.25, -0.2) is 9.97 Å². The van der Waals surface area contributed by atoms with Gasteiger partial charge in [0, 0.05) is 7.05 Å². The second kappa shape index (κ2) is 6.55. The van der Waals surface area contributed by atoms with Crippen molar-refractivity contribution in [3.05, 3.63) is 10.4 Å². The van der Waals surface area contributed by atoms with E-state index in [4.69, 9.17) is 10.5 Å². The van der Waals surface area contributed by atoms with Crippen LogP contribution in [-0.4, -0.2) is 76.8 Å². The number of nitrogens with two attached hydrogens (primary N) is 1. The summed E-state index contributed by atoms with van der Waals surface area (Å²) in [7, 11) is 1.55. The number of hydrogen-bond acceptors (Lipinski definition) is 10. The van der Waals surface area contributed by atoms with Crippen molar-refractivity contribution in [1.29, 1.82) is 0 Å². The van der Waals surface area contributed by atoms with E-state index < -0.39 is 42.8 Å². The van der Waals surface area contributed by atoms with Crippen LogP contribution >= 0.6 is 11.8 Å². The van der Waals surface area contributed by atoms with Gasteiger partial charge >= 0.3 is 0 Å². The lowest BCUT2D eigenvalue weighted by molar-refractivity contribution is -0.250. The molecule has 25 heavy (non-hydrogen) atoms. The number of rotatable bonds is 3. The Kier molecular flexibility index (Phi) is 4.74. The van der Waals surface area contributed by atoms with Crippen molar-refractivity contribution in [2.24, 2.45) is 7.05 Å². The van der Waals surface area contributed by atoms with Gasteiger partial charge < -0.3 is 30.9 Å². The number of ether oxygens (including phenoxy) is 1. The molecule has 3 heterocycles. The van der Waals surface area contributed by atoms with E-state index in [9.17, 15) is 25.2 Å². The highest BCUT2D eigenvalue weighted by Crippen LogP contribution is 2.32. The second-order valence-electron chi connectivity index (χ2n) is 5.69. The van der Waals surface area contributed by atoms with Gasteiger partial charge in [-0.15, -0.1) is 0 Å². The fourth-order valence-corrected chi connectivity index (χ4v) is 3.37. The van der Waals surface area contributed by atoms with Crippen LogP contribution in [0.2, 0.25) is 0 Å². The Hall–Kier alpha value is -1.70. The molecule has 0 unspecified atom stereocenters. The Morgan fingerprint density at radius 1 is 1.24 bits per heavy atom. The van der Waals surface area contributed by atoms with Gasteiger partial charge in [0.2, 0.25) is 5.95 Å². The lowest BCUT2D eigenvalue weighted by Crippen LogP contribution is -2.56. The van der Waals surface area contributed by atoms with Gasteiger partial charge in [-0.3, -0.25) is 13.9 Å². The van der Waals surface area contributed by atoms with E-state index in [1.807, 2.05) is 0 Å². The molecule has 11 nitrogen and oxygen atoms in total. The van der Waals surface area contributed by atoms with E-state index in [0.717, 1.165) is 0 Å². The predicted octanol–water partition coefficient (Wildman–Crippen LogP) is -2.59. The number of anilines is 1. The summed E-state index contributed by atoms with van der Waals surface area (Å²) in [6.45, 7) is -0.584. The van der Waals surface area contributed by atoms with Gasteiger partial charge in [0.1, 0.15) is 24.4 Å². The van der Waals surface area contributed by atoms with E-state index in [1.165, 1.54) is 20.9 Å². The Morgan fingerprint density at radius 2 is 1.92 bits per heavy atom. The summed E-state index contributed by atoms with van der Waals surface area (Å²) in [6.07, 6.45) is -5.32. The number of aliphatic hydroxyl groups is 4. The Morgan fingerprint density at radius 3 is 2.52 bits per heavy atom. The summed E-state index contributed by atoms with van der Waals surface area (Å²) in [5.74, 6) is -0.151. The van der Waals surface area contributed by atoms with Gasteiger partial charge in [-0.2, -0.15) is 0 Å². The minimum absolute atomic E-state index is 0.0187. The molecule has 2 aromatic rings. The second-order valence-corrected chi connectivity index (χ2v) is 6.47. The number of aliphatic hydroxyl groups excluding tert-OH is 4. The predicted molar refractivity (Wildman–Crippen MR) is 88.0 cm³/mol. The lowest BCUT2D eigenvalue weighted by Gasteiger charge is -2.40. The number of nitrogen functional groups attached to an aromatic ring is 1. The van der Waals surface area contributed by atoms with E-state index in [0.29, 0.717) is 5.16 Å². The van der Waals surface area contributed by atoms with Crippen LogP contribution in [0.3, 0.4) is 0 Å². The molecular formula is C13H19N5O6S. The standard InChI is InChI=1S/C13H19N5O6S/c1-17-10(23)5-9(16-13(17)25-2)18(12(14)15-5)11-8(22)7(21)6(20)4(3-19)24-11/h4,6-8,11,19-22H,3H2,1-2H3,(H2,14,15)/t4-,6+,7+,8+,11+/m0/s1. The van der Waals surface area contributed by atoms with Gasteiger partial charge in [0.25, 0.3) is 5.56 Å². The minimum atomic E-state index is -1.58. The Labute approximate surface area is 145 Å². The molecule has 1 fully saturated rings. The van der Waals surface area contributed by atoms with Crippen molar-refractivity contribution < 1.29 is 25.2 Å². The molecule has 0 spiro atoms. The quantitative estimate of drug-likeness (QED) is 0.284. The topological polar surface area (TPSA) is 169 Å². The zero-order chi connectivity index (χ0) is 18.5. The molecule has 2 aromatic heterocycles. The normalized spacial score (nSPS) is 30.1. The maximum absolute atomic E-state index is 12.4. The third-order valence-electron chi connectivity index (χ3n) is 4.21. The molecule has 12 heteroatoms. The number of imidazole rings is 1. The molecule has 0 bridgehead atoms. The van der Waals surface area contributed by atoms with Crippen molar-refractivity contribution in [1.82, 2.24) is 19.1 Å². The zero-order valence-electron chi connectivity index (χ0n) is 13.5. The summed E-state index contributed by atoms with van der Waals surface area (Å²) in [6, 6.07) is 0. The summed E-state index contributed by atoms with van der Waals surface area (Å²) in [4.78, 5) is 20.7. The molecule has 1 aliphatic heterocycles. The maximum Gasteiger partial charge on any atom is 0.282 e. The number of thioether (sulfide) groups is 1. The van der Waals surface area contributed by atoms with Crippen LogP contribution in [0.15, 0.2) is 9.95 Å². The molecule has 6 N–H and O–H groups in total. The highest BCUT2D eigenvalue weighted by molar-refractivity contribution is 7.98. The van der Waals surface area contributed by atoms with Crippen LogP contribution in [0, 0.1) is 0 Å². The monoisotopic (exact) mass is 373 g/mol. The zero-order valence-corrected chi connectivity index (χ0v) is 14.3. The lowest BCUT2D eigenvalue weighted by atomic mass is 9.98. The van der Waals surface area contributed by atoms with Crippen LogP contribution < -0.4 is 11.3 Å². The van der Waals surface area contributed by atoms with Crippen LogP contribution in [0.4, 0.5) is 5.95 Å². The fraction of sp³-hybridized carbons (Fsp3) is 0.615. The average molecular weight is 373 g/mol. The Bertz CT molecular complexity index is 852. The maximum atomic E-state index is 12.4. The minimum Gasteiger partial charge on any atom is -0.394 e. The number of aromatic nitrogens is 4. The Balaban J connectivity index is 2.19. The molecule has 0 aromatic carbocycles. The van der Waals surface area contributed by atoms with E-state index in [-0.39, 0.29) is 17.1 Å². The van der Waals surface area contributed by atoms with Crippen molar-refractivity contribution in [3.63, 3.8) is 0 Å². The molecule has 3 rings (SSSR count). The van der Waals surface area contributed by atoms with Gasteiger partial charge in [0.15, 0.2) is 22.5 Å². The molecule has 138 valence electrons. The van der Waals surface area contributed by atoms with E-state index in [2.05, 4.69) is 9.97 Å². The van der Waals surface area contributed by atoms with E-state index >= 15 is 0 Å². The fourth-order valence-electron chi connectivity index (χ4n) is 2.83. The van der Waals surface area contributed by atoms with E-state index in [1.54, 1.807) is 13.3 Å². The first-order valence-electron chi connectivity index (χ1n) is 7.40. The van der Waals surface area contributed by atoms with Crippen molar-refractivity contribution >= 4 is 28.9 Å². The summed E-state index contributed by atoms with van der Waals surface area (Å²) in [5.41, 5.74) is 5.52. The average Bonchev–Trinajstić information content (AvgIpc) is 2.92. The molecule has 1 saturated heterocycles. The number of nitrogens with zero attached hydrogens (tertiary/aromatic N) is 4. The van der Waals surface area contributed by atoms with Crippen molar-refractivity contribution in [2.45, 2.75) is 35.8 Å². The van der Waals surface area contributed by atoms with Crippen LogP contribution in [0.1, 0.15) is 6.23 Å². The van der Waals surface area contributed by atoms with Crippen LogP contribution in [0.25, 0.3) is 11.2 Å². The highest BCUT2D eigenvalue weighted by Gasteiger charge is 2.45. The van der Waals surface area contributed by atoms with Crippen molar-refractivity contribution in [2.75, 3.05) is 18.6 Å². The molecule has 0 saturated carbocycles. The summed E-state index contributed by atoms with van der Waals surface area (Å²) < 4.78 is 7.98. The van der Waals surface area contributed by atoms with Gasteiger partial charge in [-0.1, -0.05) is 11.8 Å². The third kappa shape index (κ3) is 2.70. The van der Waals surface area contributed by atoms with Crippen LogP contribution in [0.5, 0.6) is 0 Å². The summed E-state index contributed by atoms with van der Waals surface area (Å²) in [5, 5.41) is 39.9.